The van der Waals surface area contributed by atoms with Crippen molar-refractivity contribution in [2.24, 2.45) is 0 Å². The van der Waals surface area contributed by atoms with E-state index in [2.05, 4.69) is 20.7 Å². The molecule has 0 aliphatic rings. The number of esters is 1. The van der Waals surface area contributed by atoms with Gasteiger partial charge in [-0.25, -0.2) is 9.86 Å². The monoisotopic (exact) mass is 442 g/mol. The molecule has 0 aliphatic heterocycles. The van der Waals surface area contributed by atoms with Gasteiger partial charge in [0.25, 0.3) is 11.6 Å². The molecule has 1 amide bonds. The summed E-state index contributed by atoms with van der Waals surface area (Å²) >= 11 is 3.31. The van der Waals surface area contributed by atoms with Gasteiger partial charge in [0, 0.05) is 22.7 Å². The van der Waals surface area contributed by atoms with E-state index < -0.39 is 16.5 Å². The number of carbonyl (C=O) groups is 2. The van der Waals surface area contributed by atoms with Gasteiger partial charge in [-0.1, -0.05) is 22.0 Å². The second-order valence-corrected chi connectivity index (χ2v) is 7.48. The van der Waals surface area contributed by atoms with Gasteiger partial charge in [0.05, 0.1) is 30.6 Å². The minimum Gasteiger partial charge on any atom is -0.466 e. The number of ether oxygens (including phenoxy) is 1. The molecule has 1 aromatic rings. The van der Waals surface area contributed by atoms with E-state index in [4.69, 9.17) is 4.84 Å². The molecular weight excluding hydrogens is 420 g/mol. The Balaban J connectivity index is 2.90. The summed E-state index contributed by atoms with van der Waals surface area (Å²) in [7, 11) is 1.28. The first kappa shape index (κ1) is 22.8. The molecule has 0 bridgehead atoms. The zero-order chi connectivity index (χ0) is 20.6. The number of carbonyl (C=O) groups excluding carboxylic acids is 2. The maximum absolute atomic E-state index is 12.7. The Morgan fingerprint density at radius 1 is 1.33 bits per heavy atom. The van der Waals surface area contributed by atoms with Crippen LogP contribution in [0.25, 0.3) is 0 Å². The summed E-state index contributed by atoms with van der Waals surface area (Å²) in [5, 5.41) is 12.2. The number of nitro benzene ring substituents is 1. The summed E-state index contributed by atoms with van der Waals surface area (Å²) in [5.41, 5.74) is -0.214. The van der Waals surface area contributed by atoms with Crippen molar-refractivity contribution in [3.63, 3.8) is 0 Å². The van der Waals surface area contributed by atoms with Gasteiger partial charge in [0.1, 0.15) is 0 Å². The van der Waals surface area contributed by atoms with E-state index >= 15 is 0 Å². The zero-order valence-corrected chi connectivity index (χ0v) is 17.3. The molecular formula is C18H23BrN2O6. The smallest absolute Gasteiger partial charge is 0.330 e. The van der Waals surface area contributed by atoms with Crippen LogP contribution in [0.4, 0.5) is 5.69 Å². The molecule has 0 heterocycles. The third-order valence-electron chi connectivity index (χ3n) is 3.20. The predicted octanol–water partition coefficient (Wildman–Crippen LogP) is 3.58. The highest BCUT2D eigenvalue weighted by atomic mass is 79.9. The average Bonchev–Trinajstić information content (AvgIpc) is 2.57. The first-order chi connectivity index (χ1) is 12.5. The van der Waals surface area contributed by atoms with Gasteiger partial charge in [-0.3, -0.25) is 19.7 Å². The van der Waals surface area contributed by atoms with E-state index in [1.165, 1.54) is 36.4 Å². The van der Waals surface area contributed by atoms with Crippen molar-refractivity contribution in [2.75, 3.05) is 13.7 Å². The Morgan fingerprint density at radius 2 is 2.00 bits per heavy atom. The molecule has 0 radical (unpaired) electrons. The molecule has 9 heteroatoms. The molecule has 0 fully saturated rings. The Bertz CT molecular complexity index is 727. The normalized spacial score (nSPS) is 11.4. The number of hydroxylamine groups is 2. The van der Waals surface area contributed by atoms with Crippen LogP contribution in [-0.4, -0.2) is 41.1 Å². The average molecular weight is 443 g/mol. The van der Waals surface area contributed by atoms with Gasteiger partial charge in [-0.2, -0.15) is 0 Å². The summed E-state index contributed by atoms with van der Waals surface area (Å²) in [6.45, 7) is 5.64. The maximum atomic E-state index is 12.7. The van der Waals surface area contributed by atoms with Gasteiger partial charge < -0.3 is 4.74 Å². The van der Waals surface area contributed by atoms with Crippen LogP contribution in [0.1, 0.15) is 32.8 Å². The highest BCUT2D eigenvalue weighted by Crippen LogP contribution is 2.24. The lowest BCUT2D eigenvalue weighted by atomic mass is 10.1. The Kier molecular flexibility index (Phi) is 8.58. The number of hydrogen-bond acceptors (Lipinski definition) is 6. The quantitative estimate of drug-likeness (QED) is 0.264. The number of halogens is 1. The van der Waals surface area contributed by atoms with E-state index in [1.54, 1.807) is 26.8 Å². The van der Waals surface area contributed by atoms with Crippen LogP contribution in [0.5, 0.6) is 0 Å². The Labute approximate surface area is 166 Å². The SMILES string of the molecule is COC(=O)/C=C/CCN(OC(C)(C)C)C(=O)Cc1cc([N+](=O)[O-])ccc1Br. The van der Waals surface area contributed by atoms with Crippen molar-refractivity contribution in [3.8, 4) is 0 Å². The molecule has 0 aliphatic carbocycles. The van der Waals surface area contributed by atoms with Gasteiger partial charge in [-0.05, 0) is 38.8 Å². The van der Waals surface area contributed by atoms with E-state index in [0.717, 1.165) is 0 Å². The first-order valence-electron chi connectivity index (χ1n) is 8.20. The van der Waals surface area contributed by atoms with Crippen LogP contribution < -0.4 is 0 Å². The van der Waals surface area contributed by atoms with E-state index in [0.29, 0.717) is 16.5 Å². The summed E-state index contributed by atoms with van der Waals surface area (Å²) in [5.74, 6) is -0.831. The lowest BCUT2D eigenvalue weighted by Crippen LogP contribution is -2.39. The molecule has 0 spiro atoms. The van der Waals surface area contributed by atoms with Gasteiger partial charge >= 0.3 is 5.97 Å². The third-order valence-corrected chi connectivity index (χ3v) is 3.97. The van der Waals surface area contributed by atoms with Crippen molar-refractivity contribution in [1.29, 1.82) is 0 Å². The van der Waals surface area contributed by atoms with Crippen molar-refractivity contribution in [3.05, 3.63) is 50.5 Å². The predicted molar refractivity (Wildman–Crippen MR) is 103 cm³/mol. The second kappa shape index (κ2) is 10.2. The van der Waals surface area contributed by atoms with Gasteiger partial charge in [-0.15, -0.1) is 0 Å². The lowest BCUT2D eigenvalue weighted by Gasteiger charge is -2.29. The van der Waals surface area contributed by atoms with Crippen molar-refractivity contribution < 1.29 is 24.1 Å². The molecule has 0 atom stereocenters. The second-order valence-electron chi connectivity index (χ2n) is 6.62. The molecule has 148 valence electrons. The number of rotatable bonds is 8. The summed E-state index contributed by atoms with van der Waals surface area (Å²) in [6.07, 6.45) is 3.17. The molecule has 0 unspecified atom stereocenters. The maximum Gasteiger partial charge on any atom is 0.330 e. The van der Waals surface area contributed by atoms with E-state index in [-0.39, 0.29) is 24.6 Å². The topological polar surface area (TPSA) is 99.0 Å². The van der Waals surface area contributed by atoms with Crippen molar-refractivity contribution >= 4 is 33.5 Å². The molecule has 0 N–H and O–H groups in total. The number of hydrogen-bond donors (Lipinski definition) is 0. The van der Waals surface area contributed by atoms with Gasteiger partial charge in [0.2, 0.25) is 0 Å². The van der Waals surface area contributed by atoms with Crippen molar-refractivity contribution in [1.82, 2.24) is 5.06 Å². The minimum atomic E-state index is -0.609. The lowest BCUT2D eigenvalue weighted by molar-refractivity contribution is -0.384. The van der Waals surface area contributed by atoms with Crippen LogP contribution in [0, 0.1) is 10.1 Å². The van der Waals surface area contributed by atoms with Crippen LogP contribution in [0.15, 0.2) is 34.8 Å². The molecule has 0 saturated heterocycles. The fraction of sp³-hybridized carbons (Fsp3) is 0.444. The number of nitrogens with zero attached hydrogens (tertiary/aromatic N) is 2. The Morgan fingerprint density at radius 3 is 2.56 bits per heavy atom. The number of non-ortho nitro benzene ring substituents is 1. The molecule has 1 rings (SSSR count). The largest absolute Gasteiger partial charge is 0.466 e. The molecule has 1 aromatic carbocycles. The number of benzene rings is 1. The van der Waals surface area contributed by atoms with E-state index in [9.17, 15) is 19.7 Å². The fourth-order valence-corrected chi connectivity index (χ4v) is 2.44. The minimum absolute atomic E-state index is 0.0704. The molecule has 8 nitrogen and oxygen atoms in total. The van der Waals surface area contributed by atoms with Crippen LogP contribution in [0.2, 0.25) is 0 Å². The summed E-state index contributed by atoms with van der Waals surface area (Å²) in [4.78, 5) is 40.0. The zero-order valence-electron chi connectivity index (χ0n) is 15.7. The van der Waals surface area contributed by atoms with Crippen LogP contribution >= 0.6 is 15.9 Å². The summed E-state index contributed by atoms with van der Waals surface area (Å²) in [6, 6.07) is 4.25. The fourth-order valence-electron chi connectivity index (χ4n) is 2.05. The van der Waals surface area contributed by atoms with Crippen molar-refractivity contribution in [2.45, 2.75) is 39.2 Å². The molecule has 27 heavy (non-hydrogen) atoms. The summed E-state index contributed by atoms with van der Waals surface area (Å²) < 4.78 is 5.11. The number of nitro groups is 1. The Hall–Kier alpha value is -2.26. The first-order valence-corrected chi connectivity index (χ1v) is 8.99. The highest BCUT2D eigenvalue weighted by Gasteiger charge is 2.23. The van der Waals surface area contributed by atoms with E-state index in [1.807, 2.05) is 0 Å². The number of methoxy groups -OCH3 is 1. The molecule has 0 saturated carbocycles. The number of amides is 1. The molecule has 0 aromatic heterocycles. The standard InChI is InChI=1S/C18H23BrN2O6/c1-18(2,3)27-20(10-6-5-7-17(23)26-4)16(22)12-13-11-14(21(24)25)8-9-15(13)19/h5,7-9,11H,6,10,12H2,1-4H3/b7-5+. The van der Waals surface area contributed by atoms with Crippen LogP contribution in [0.3, 0.4) is 0 Å². The third kappa shape index (κ3) is 8.31. The van der Waals surface area contributed by atoms with Crippen LogP contribution in [-0.2, 0) is 25.6 Å². The van der Waals surface area contributed by atoms with Gasteiger partial charge in [0.15, 0.2) is 0 Å². The highest BCUT2D eigenvalue weighted by molar-refractivity contribution is 9.10.